The van der Waals surface area contributed by atoms with Crippen molar-refractivity contribution in [3.63, 3.8) is 0 Å². The summed E-state index contributed by atoms with van der Waals surface area (Å²) in [7, 11) is 4.84. The Bertz CT molecular complexity index is 654. The summed E-state index contributed by atoms with van der Waals surface area (Å²) in [6.45, 7) is 2.53. The molecular formula is C19H29ClN4O3. The van der Waals surface area contributed by atoms with Gasteiger partial charge in [-0.15, -0.1) is 0 Å². The van der Waals surface area contributed by atoms with Crippen LogP contribution in [0.25, 0.3) is 0 Å². The highest BCUT2D eigenvalue weighted by Crippen LogP contribution is 2.33. The molecule has 1 aliphatic heterocycles. The molecular weight excluding hydrogens is 368 g/mol. The molecule has 150 valence electrons. The van der Waals surface area contributed by atoms with E-state index in [1.165, 1.54) is 7.11 Å². The van der Waals surface area contributed by atoms with Crippen LogP contribution in [0.1, 0.15) is 25.7 Å². The van der Waals surface area contributed by atoms with E-state index in [1.807, 2.05) is 18.2 Å². The molecule has 1 unspecified atom stereocenters. The standard InChI is InChI=1S/C19H29ClN4O3/c1-21-19(22-10-5-4-6-18(25)27-3)23-15-9-11-24(13-15)16-12-14(20)7-8-17(16)26-2/h7-8,12,15H,4-6,9-11,13H2,1-3H3,(H2,21,22,23). The number of hydrogen-bond acceptors (Lipinski definition) is 5. The third kappa shape index (κ3) is 6.50. The van der Waals surface area contributed by atoms with E-state index in [4.69, 9.17) is 16.3 Å². The molecule has 1 aromatic carbocycles. The second kappa shape index (κ2) is 10.9. The van der Waals surface area contributed by atoms with Gasteiger partial charge in [-0.3, -0.25) is 9.79 Å². The monoisotopic (exact) mass is 396 g/mol. The fourth-order valence-electron chi connectivity index (χ4n) is 3.10. The minimum atomic E-state index is -0.167. The molecule has 1 fully saturated rings. The average molecular weight is 397 g/mol. The Kier molecular flexibility index (Phi) is 8.51. The van der Waals surface area contributed by atoms with Crippen LogP contribution in [0.3, 0.4) is 0 Å². The summed E-state index contributed by atoms with van der Waals surface area (Å²) in [6.07, 6.45) is 3.12. The molecule has 27 heavy (non-hydrogen) atoms. The van der Waals surface area contributed by atoms with Gasteiger partial charge in [-0.2, -0.15) is 0 Å². The van der Waals surface area contributed by atoms with E-state index < -0.39 is 0 Å². The third-order valence-electron chi connectivity index (χ3n) is 4.56. The van der Waals surface area contributed by atoms with Crippen molar-refractivity contribution in [1.29, 1.82) is 0 Å². The van der Waals surface area contributed by atoms with Crippen LogP contribution >= 0.6 is 11.6 Å². The fraction of sp³-hybridized carbons (Fsp3) is 0.579. The number of unbranched alkanes of at least 4 members (excludes halogenated alkanes) is 1. The van der Waals surface area contributed by atoms with Crippen molar-refractivity contribution in [2.45, 2.75) is 31.7 Å². The molecule has 1 saturated heterocycles. The molecule has 1 aromatic rings. The van der Waals surface area contributed by atoms with Gasteiger partial charge in [0.15, 0.2) is 5.96 Å². The molecule has 1 aliphatic rings. The molecule has 0 saturated carbocycles. The van der Waals surface area contributed by atoms with Gasteiger partial charge >= 0.3 is 5.97 Å². The summed E-state index contributed by atoms with van der Waals surface area (Å²) in [5.41, 5.74) is 1.01. The van der Waals surface area contributed by atoms with Crippen LogP contribution < -0.4 is 20.3 Å². The second-order valence-electron chi connectivity index (χ2n) is 6.42. The molecule has 0 amide bonds. The number of nitrogens with zero attached hydrogens (tertiary/aromatic N) is 2. The van der Waals surface area contributed by atoms with E-state index >= 15 is 0 Å². The first-order valence-corrected chi connectivity index (χ1v) is 9.57. The summed E-state index contributed by atoms with van der Waals surface area (Å²) in [5.74, 6) is 1.44. The zero-order valence-corrected chi connectivity index (χ0v) is 17.0. The Morgan fingerprint density at radius 2 is 2.19 bits per heavy atom. The highest BCUT2D eigenvalue weighted by Gasteiger charge is 2.25. The van der Waals surface area contributed by atoms with Crippen molar-refractivity contribution >= 4 is 29.2 Å². The number of anilines is 1. The number of hydrogen-bond donors (Lipinski definition) is 2. The van der Waals surface area contributed by atoms with Crippen LogP contribution in [-0.2, 0) is 9.53 Å². The summed E-state index contributed by atoms with van der Waals surface area (Å²) in [6, 6.07) is 5.96. The number of benzene rings is 1. The van der Waals surface area contributed by atoms with Gasteiger partial charge in [0.2, 0.25) is 0 Å². The summed E-state index contributed by atoms with van der Waals surface area (Å²) in [5, 5.41) is 7.46. The van der Waals surface area contributed by atoms with Gasteiger partial charge in [-0.1, -0.05) is 11.6 Å². The number of guanidine groups is 1. The summed E-state index contributed by atoms with van der Waals surface area (Å²) < 4.78 is 10.1. The first-order valence-electron chi connectivity index (χ1n) is 9.20. The van der Waals surface area contributed by atoms with Gasteiger partial charge < -0.3 is 25.0 Å². The molecule has 1 atom stereocenters. The van der Waals surface area contributed by atoms with E-state index in [1.54, 1.807) is 14.2 Å². The van der Waals surface area contributed by atoms with Gasteiger partial charge in [0.1, 0.15) is 5.75 Å². The molecule has 0 aromatic heterocycles. The maximum Gasteiger partial charge on any atom is 0.305 e. The molecule has 8 heteroatoms. The van der Waals surface area contributed by atoms with Crippen molar-refractivity contribution in [2.75, 3.05) is 45.8 Å². The van der Waals surface area contributed by atoms with Gasteiger partial charge in [0.05, 0.1) is 19.9 Å². The quantitative estimate of drug-likeness (QED) is 0.304. The number of carbonyl (C=O) groups is 1. The predicted molar refractivity (Wildman–Crippen MR) is 109 cm³/mol. The molecule has 2 N–H and O–H groups in total. The predicted octanol–water partition coefficient (Wildman–Crippen LogP) is 2.44. The Morgan fingerprint density at radius 1 is 1.37 bits per heavy atom. The molecule has 1 heterocycles. The summed E-state index contributed by atoms with van der Waals surface area (Å²) in [4.78, 5) is 17.7. The Hall–Kier alpha value is -2.15. The third-order valence-corrected chi connectivity index (χ3v) is 4.80. The van der Waals surface area contributed by atoms with Crippen LogP contribution in [0.2, 0.25) is 5.02 Å². The van der Waals surface area contributed by atoms with E-state index in [2.05, 4.69) is 25.3 Å². The van der Waals surface area contributed by atoms with Crippen molar-refractivity contribution in [2.24, 2.45) is 4.99 Å². The smallest absolute Gasteiger partial charge is 0.305 e. The van der Waals surface area contributed by atoms with Crippen LogP contribution in [0.5, 0.6) is 5.75 Å². The number of esters is 1. The lowest BCUT2D eigenvalue weighted by atomic mass is 10.2. The van der Waals surface area contributed by atoms with Crippen LogP contribution in [0, 0.1) is 0 Å². The van der Waals surface area contributed by atoms with E-state index in [-0.39, 0.29) is 12.0 Å². The van der Waals surface area contributed by atoms with Gasteiger partial charge in [0.25, 0.3) is 0 Å². The fourth-order valence-corrected chi connectivity index (χ4v) is 3.26. The number of rotatable bonds is 8. The highest BCUT2D eigenvalue weighted by atomic mass is 35.5. The number of nitrogens with one attached hydrogen (secondary N) is 2. The zero-order chi connectivity index (χ0) is 19.6. The number of methoxy groups -OCH3 is 2. The lowest BCUT2D eigenvalue weighted by molar-refractivity contribution is -0.140. The Morgan fingerprint density at radius 3 is 2.89 bits per heavy atom. The summed E-state index contributed by atoms with van der Waals surface area (Å²) >= 11 is 6.15. The SMILES string of the molecule is CN=C(NCCCCC(=O)OC)NC1CCN(c2cc(Cl)ccc2OC)C1. The topological polar surface area (TPSA) is 75.2 Å². The minimum absolute atomic E-state index is 0.167. The maximum atomic E-state index is 11.1. The van der Waals surface area contributed by atoms with Crippen molar-refractivity contribution in [3.8, 4) is 5.75 Å². The lowest BCUT2D eigenvalue weighted by Crippen LogP contribution is -2.44. The van der Waals surface area contributed by atoms with Crippen LogP contribution in [-0.4, -0.2) is 58.9 Å². The molecule has 0 bridgehead atoms. The molecule has 7 nitrogen and oxygen atoms in total. The Labute approximate surface area is 166 Å². The van der Waals surface area contributed by atoms with Crippen molar-refractivity contribution < 1.29 is 14.3 Å². The highest BCUT2D eigenvalue weighted by molar-refractivity contribution is 6.30. The minimum Gasteiger partial charge on any atom is -0.495 e. The Balaban J connectivity index is 1.79. The van der Waals surface area contributed by atoms with Crippen molar-refractivity contribution in [3.05, 3.63) is 23.2 Å². The largest absolute Gasteiger partial charge is 0.495 e. The normalized spacial score (nSPS) is 17.0. The molecule has 0 radical (unpaired) electrons. The van der Waals surface area contributed by atoms with Gasteiger partial charge in [0, 0.05) is 44.2 Å². The first-order chi connectivity index (χ1) is 13.1. The van der Waals surface area contributed by atoms with E-state index in [0.29, 0.717) is 11.4 Å². The molecule has 0 aliphatic carbocycles. The number of carbonyl (C=O) groups excluding carboxylic acids is 1. The lowest BCUT2D eigenvalue weighted by Gasteiger charge is -2.22. The second-order valence-corrected chi connectivity index (χ2v) is 6.86. The first kappa shape index (κ1) is 21.2. The number of ether oxygens (including phenoxy) is 2. The van der Waals surface area contributed by atoms with E-state index in [0.717, 1.165) is 56.3 Å². The molecule has 2 rings (SSSR count). The van der Waals surface area contributed by atoms with Crippen LogP contribution in [0.4, 0.5) is 5.69 Å². The number of aliphatic imine (C=N–C) groups is 1. The van der Waals surface area contributed by atoms with Crippen molar-refractivity contribution in [1.82, 2.24) is 10.6 Å². The zero-order valence-electron chi connectivity index (χ0n) is 16.3. The molecule has 0 spiro atoms. The van der Waals surface area contributed by atoms with Gasteiger partial charge in [-0.25, -0.2) is 0 Å². The van der Waals surface area contributed by atoms with Gasteiger partial charge in [-0.05, 0) is 37.5 Å². The maximum absolute atomic E-state index is 11.1. The van der Waals surface area contributed by atoms with Crippen LogP contribution in [0.15, 0.2) is 23.2 Å². The average Bonchev–Trinajstić information content (AvgIpc) is 3.14. The number of halogens is 1. The van der Waals surface area contributed by atoms with E-state index in [9.17, 15) is 4.79 Å².